The molecule has 2 N–H and O–H groups in total. The van der Waals surface area contributed by atoms with E-state index in [4.69, 9.17) is 9.15 Å². The number of aromatic nitrogens is 1. The number of hydrogen-bond donors (Lipinski definition) is 2. The van der Waals surface area contributed by atoms with Gasteiger partial charge in [0.2, 0.25) is 5.89 Å². The van der Waals surface area contributed by atoms with E-state index in [1.807, 2.05) is 6.92 Å². The second-order valence-corrected chi connectivity index (χ2v) is 7.01. The quantitative estimate of drug-likeness (QED) is 0.276. The van der Waals surface area contributed by atoms with E-state index in [2.05, 4.69) is 41.4 Å². The second-order valence-electron chi connectivity index (χ2n) is 7.01. The van der Waals surface area contributed by atoms with Gasteiger partial charge in [0.15, 0.2) is 5.96 Å². The molecule has 0 aromatic carbocycles. The van der Waals surface area contributed by atoms with Gasteiger partial charge in [0.1, 0.15) is 12.3 Å². The van der Waals surface area contributed by atoms with Crippen LogP contribution in [0.5, 0.6) is 0 Å². The number of nitrogens with one attached hydrogen (secondary N) is 2. The zero-order valence-electron chi connectivity index (χ0n) is 15.2. The highest BCUT2D eigenvalue weighted by Crippen LogP contribution is 2.28. The Hall–Kier alpha value is -0.830. The lowest BCUT2D eigenvalue weighted by Crippen LogP contribution is -2.39. The summed E-state index contributed by atoms with van der Waals surface area (Å²) in [5, 5.41) is 6.48. The van der Waals surface area contributed by atoms with Crippen molar-refractivity contribution in [3.8, 4) is 0 Å². The summed E-state index contributed by atoms with van der Waals surface area (Å²) < 4.78 is 11.4. The summed E-state index contributed by atoms with van der Waals surface area (Å²) in [6.07, 6.45) is 4.44. The minimum Gasteiger partial charge on any atom is -0.443 e. The molecule has 1 saturated carbocycles. The number of ether oxygens (including phenoxy) is 1. The Balaban J connectivity index is 0.00000288. The summed E-state index contributed by atoms with van der Waals surface area (Å²) in [6, 6.07) is 0. The molecular weight excluding hydrogens is 419 g/mol. The molecule has 1 aromatic rings. The van der Waals surface area contributed by atoms with Crippen LogP contribution in [0.4, 0.5) is 0 Å². The van der Waals surface area contributed by atoms with Crippen LogP contribution in [0.25, 0.3) is 0 Å². The van der Waals surface area contributed by atoms with E-state index in [0.717, 1.165) is 37.3 Å². The third-order valence-electron chi connectivity index (χ3n) is 3.60. The van der Waals surface area contributed by atoms with Crippen molar-refractivity contribution in [3.05, 3.63) is 17.8 Å². The molecule has 1 aromatic heterocycles. The summed E-state index contributed by atoms with van der Waals surface area (Å²) in [5.74, 6) is 3.09. The Morgan fingerprint density at radius 1 is 1.38 bits per heavy atom. The Bertz CT molecular complexity index is 507. The smallest absolute Gasteiger partial charge is 0.216 e. The van der Waals surface area contributed by atoms with Gasteiger partial charge < -0.3 is 19.8 Å². The zero-order valence-corrected chi connectivity index (χ0v) is 17.6. The van der Waals surface area contributed by atoms with Gasteiger partial charge in [-0.15, -0.1) is 24.0 Å². The van der Waals surface area contributed by atoms with Gasteiger partial charge in [-0.25, -0.2) is 9.98 Å². The first-order valence-electron chi connectivity index (χ1n) is 8.54. The van der Waals surface area contributed by atoms with Crippen LogP contribution in [-0.2, 0) is 16.7 Å². The molecule has 0 aliphatic heterocycles. The Kier molecular flexibility index (Phi) is 9.04. The van der Waals surface area contributed by atoms with Gasteiger partial charge in [-0.2, -0.15) is 0 Å². The van der Waals surface area contributed by atoms with Gasteiger partial charge in [-0.3, -0.25) is 0 Å². The average Bonchev–Trinajstić information content (AvgIpc) is 3.18. The molecule has 1 heterocycles. The van der Waals surface area contributed by atoms with E-state index >= 15 is 0 Å². The normalized spacial score (nSPS) is 15.1. The third-order valence-corrected chi connectivity index (χ3v) is 3.60. The molecule has 0 atom stereocenters. The van der Waals surface area contributed by atoms with E-state index in [0.29, 0.717) is 19.0 Å². The molecule has 7 heteroatoms. The standard InChI is InChI=1S/C17H30N4O2.HI/c1-5-18-16(19-8-9-22-12-13-6-7-13)21-11-15-20-10-14(23-15)17(2,3)4;/h10,13H,5-9,11-12H2,1-4H3,(H2,18,19,21);1H. The van der Waals surface area contributed by atoms with Crippen molar-refractivity contribution in [1.82, 2.24) is 15.6 Å². The van der Waals surface area contributed by atoms with E-state index in [-0.39, 0.29) is 29.4 Å². The number of hydrogen-bond acceptors (Lipinski definition) is 4. The highest BCUT2D eigenvalue weighted by Gasteiger charge is 2.21. The summed E-state index contributed by atoms with van der Waals surface area (Å²) in [5.41, 5.74) is -0.0311. The van der Waals surface area contributed by atoms with Crippen molar-refractivity contribution in [2.45, 2.75) is 52.5 Å². The molecule has 1 aliphatic carbocycles. The lowest BCUT2D eigenvalue weighted by molar-refractivity contribution is 0.129. The number of halogens is 1. The molecule has 1 aliphatic rings. The van der Waals surface area contributed by atoms with Crippen LogP contribution in [0.1, 0.15) is 52.2 Å². The van der Waals surface area contributed by atoms with E-state index < -0.39 is 0 Å². The predicted molar refractivity (Wildman–Crippen MR) is 107 cm³/mol. The van der Waals surface area contributed by atoms with Gasteiger partial charge in [0.25, 0.3) is 0 Å². The van der Waals surface area contributed by atoms with Crippen molar-refractivity contribution in [3.63, 3.8) is 0 Å². The van der Waals surface area contributed by atoms with Gasteiger partial charge in [-0.1, -0.05) is 20.8 Å². The first-order chi connectivity index (χ1) is 11.0. The van der Waals surface area contributed by atoms with Crippen molar-refractivity contribution < 1.29 is 9.15 Å². The molecule has 24 heavy (non-hydrogen) atoms. The maximum absolute atomic E-state index is 5.75. The summed E-state index contributed by atoms with van der Waals surface area (Å²) >= 11 is 0. The van der Waals surface area contributed by atoms with Crippen LogP contribution < -0.4 is 10.6 Å². The maximum Gasteiger partial charge on any atom is 0.216 e. The Labute approximate surface area is 162 Å². The van der Waals surface area contributed by atoms with Gasteiger partial charge in [0, 0.05) is 25.1 Å². The maximum atomic E-state index is 5.75. The van der Waals surface area contributed by atoms with E-state index in [1.54, 1.807) is 6.20 Å². The minimum absolute atomic E-state index is 0. The molecule has 0 saturated heterocycles. The predicted octanol–water partition coefficient (Wildman–Crippen LogP) is 3.07. The molecule has 1 fully saturated rings. The molecular formula is C17H31IN4O2. The highest BCUT2D eigenvalue weighted by atomic mass is 127. The SMILES string of the molecule is CCNC(=NCc1ncc(C(C)(C)C)o1)NCCOCC1CC1.I. The zero-order chi connectivity index (χ0) is 16.7. The van der Waals surface area contributed by atoms with Crippen LogP contribution in [0, 0.1) is 5.92 Å². The first-order valence-corrected chi connectivity index (χ1v) is 8.54. The molecule has 0 radical (unpaired) electrons. The van der Waals surface area contributed by atoms with Gasteiger partial charge in [-0.05, 0) is 25.7 Å². The summed E-state index contributed by atoms with van der Waals surface area (Å²) in [6.45, 7) is 11.9. The van der Waals surface area contributed by atoms with E-state index in [9.17, 15) is 0 Å². The number of nitrogens with zero attached hydrogens (tertiary/aromatic N) is 2. The molecule has 2 rings (SSSR count). The number of aliphatic imine (C=N–C) groups is 1. The van der Waals surface area contributed by atoms with E-state index in [1.165, 1.54) is 12.8 Å². The van der Waals surface area contributed by atoms with Crippen LogP contribution in [0.2, 0.25) is 0 Å². The van der Waals surface area contributed by atoms with Crippen molar-refractivity contribution in [1.29, 1.82) is 0 Å². The van der Waals surface area contributed by atoms with Crippen molar-refractivity contribution in [2.75, 3.05) is 26.3 Å². The van der Waals surface area contributed by atoms with Crippen LogP contribution in [0.3, 0.4) is 0 Å². The van der Waals surface area contributed by atoms with Crippen molar-refractivity contribution in [2.24, 2.45) is 10.9 Å². The van der Waals surface area contributed by atoms with Crippen LogP contribution in [-0.4, -0.2) is 37.2 Å². The summed E-state index contributed by atoms with van der Waals surface area (Å²) in [7, 11) is 0. The fraction of sp³-hybridized carbons (Fsp3) is 0.765. The average molecular weight is 450 g/mol. The molecule has 0 unspecified atom stereocenters. The third kappa shape index (κ3) is 7.83. The van der Waals surface area contributed by atoms with Crippen LogP contribution >= 0.6 is 24.0 Å². The molecule has 0 bridgehead atoms. The fourth-order valence-electron chi connectivity index (χ4n) is 1.99. The van der Waals surface area contributed by atoms with Gasteiger partial charge in [0.05, 0.1) is 12.8 Å². The fourth-order valence-corrected chi connectivity index (χ4v) is 1.99. The molecule has 0 amide bonds. The lowest BCUT2D eigenvalue weighted by atomic mass is 9.94. The molecule has 138 valence electrons. The van der Waals surface area contributed by atoms with Crippen molar-refractivity contribution >= 4 is 29.9 Å². The Morgan fingerprint density at radius 2 is 2.12 bits per heavy atom. The first kappa shape index (κ1) is 21.2. The number of guanidine groups is 1. The topological polar surface area (TPSA) is 71.7 Å². The number of oxazole rings is 1. The van der Waals surface area contributed by atoms with Crippen LogP contribution in [0.15, 0.2) is 15.6 Å². The second kappa shape index (κ2) is 10.2. The largest absolute Gasteiger partial charge is 0.443 e. The molecule has 6 nitrogen and oxygen atoms in total. The highest BCUT2D eigenvalue weighted by molar-refractivity contribution is 14.0. The lowest BCUT2D eigenvalue weighted by Gasteiger charge is -2.13. The summed E-state index contributed by atoms with van der Waals surface area (Å²) in [4.78, 5) is 8.80. The number of rotatable bonds is 8. The monoisotopic (exact) mass is 450 g/mol. The molecule has 0 spiro atoms. The van der Waals surface area contributed by atoms with Gasteiger partial charge >= 0.3 is 0 Å². The Morgan fingerprint density at radius 3 is 2.71 bits per heavy atom. The minimum atomic E-state index is -0.0311.